The van der Waals surface area contributed by atoms with Crippen LogP contribution in [0.2, 0.25) is 0 Å². The van der Waals surface area contributed by atoms with Crippen molar-refractivity contribution in [1.82, 2.24) is 9.80 Å². The molecule has 1 aliphatic rings. The van der Waals surface area contributed by atoms with Gasteiger partial charge in [-0.05, 0) is 39.2 Å². The maximum Gasteiger partial charge on any atom is 0.295 e. The highest BCUT2D eigenvalue weighted by Gasteiger charge is 2.47. The second-order valence-electron chi connectivity index (χ2n) is 6.53. The molecule has 1 atom stereocenters. The molecule has 1 amide bonds. The highest BCUT2D eigenvalue weighted by Crippen LogP contribution is 2.39. The van der Waals surface area contributed by atoms with Crippen LogP contribution < -0.4 is 0 Å². The second kappa shape index (κ2) is 7.58. The summed E-state index contributed by atoms with van der Waals surface area (Å²) < 4.78 is 5.49. The zero-order chi connectivity index (χ0) is 18.7. The van der Waals surface area contributed by atoms with Crippen LogP contribution in [-0.4, -0.2) is 53.8 Å². The summed E-state index contributed by atoms with van der Waals surface area (Å²) in [6.45, 7) is 1.19. The fourth-order valence-corrected chi connectivity index (χ4v) is 3.16. The third kappa shape index (κ3) is 3.41. The first-order valence-electron chi connectivity index (χ1n) is 8.52. The van der Waals surface area contributed by atoms with E-state index in [1.54, 1.807) is 36.4 Å². The molecule has 2 heterocycles. The summed E-state index contributed by atoms with van der Waals surface area (Å²) in [5, 5.41) is 10.7. The van der Waals surface area contributed by atoms with Gasteiger partial charge in [0.15, 0.2) is 0 Å². The molecule has 0 bridgehead atoms. The van der Waals surface area contributed by atoms with Crippen LogP contribution in [0, 0.1) is 0 Å². The molecule has 1 saturated heterocycles. The molecule has 0 spiro atoms. The number of ketones is 1. The molecule has 6 heteroatoms. The number of amides is 1. The SMILES string of the molecule is CN(C)CCCN1C(=O)C(=O)/C(=C(\O)c2ccccc2)C1c1ccco1. The minimum atomic E-state index is -0.715. The molecule has 1 fully saturated rings. The summed E-state index contributed by atoms with van der Waals surface area (Å²) in [5.41, 5.74) is 0.566. The fourth-order valence-electron chi connectivity index (χ4n) is 3.16. The zero-order valence-corrected chi connectivity index (χ0v) is 14.9. The van der Waals surface area contributed by atoms with Gasteiger partial charge in [0.05, 0.1) is 11.8 Å². The van der Waals surface area contributed by atoms with E-state index in [2.05, 4.69) is 0 Å². The Balaban J connectivity index is 2.02. The lowest BCUT2D eigenvalue weighted by Gasteiger charge is -2.23. The molecule has 0 aliphatic carbocycles. The van der Waals surface area contributed by atoms with E-state index in [0.29, 0.717) is 24.3 Å². The van der Waals surface area contributed by atoms with Gasteiger partial charge in [0, 0.05) is 12.1 Å². The predicted octanol–water partition coefficient (Wildman–Crippen LogP) is 2.65. The van der Waals surface area contributed by atoms with Crippen molar-refractivity contribution in [3.63, 3.8) is 0 Å². The largest absolute Gasteiger partial charge is 0.507 e. The predicted molar refractivity (Wildman–Crippen MR) is 97.3 cm³/mol. The molecule has 1 aromatic carbocycles. The summed E-state index contributed by atoms with van der Waals surface area (Å²) in [4.78, 5) is 28.8. The van der Waals surface area contributed by atoms with Crippen LogP contribution in [0.4, 0.5) is 0 Å². The Morgan fingerprint density at radius 1 is 1.15 bits per heavy atom. The number of benzene rings is 1. The van der Waals surface area contributed by atoms with Crippen LogP contribution in [0.25, 0.3) is 5.76 Å². The maximum atomic E-state index is 12.7. The smallest absolute Gasteiger partial charge is 0.295 e. The number of nitrogens with zero attached hydrogens (tertiary/aromatic N) is 2. The van der Waals surface area contributed by atoms with Crippen molar-refractivity contribution in [3.05, 3.63) is 65.6 Å². The normalized spacial score (nSPS) is 19.5. The Labute approximate surface area is 152 Å². The van der Waals surface area contributed by atoms with E-state index in [9.17, 15) is 14.7 Å². The number of Topliss-reactive ketones (excluding diaryl/α,β-unsaturated/α-hetero) is 1. The molecular formula is C20H22N2O4. The minimum Gasteiger partial charge on any atom is -0.507 e. The van der Waals surface area contributed by atoms with Crippen LogP contribution in [0.3, 0.4) is 0 Å². The van der Waals surface area contributed by atoms with Crippen molar-refractivity contribution in [3.8, 4) is 0 Å². The van der Waals surface area contributed by atoms with Crippen molar-refractivity contribution in [1.29, 1.82) is 0 Å². The van der Waals surface area contributed by atoms with Gasteiger partial charge < -0.3 is 19.3 Å². The molecular weight excluding hydrogens is 332 g/mol. The van der Waals surface area contributed by atoms with Crippen molar-refractivity contribution in [2.75, 3.05) is 27.2 Å². The van der Waals surface area contributed by atoms with Crippen LogP contribution >= 0.6 is 0 Å². The molecule has 1 unspecified atom stereocenters. The standard InChI is InChI=1S/C20H22N2O4/c1-21(2)11-7-12-22-17(15-10-6-13-26-15)16(19(24)20(22)25)18(23)14-8-4-3-5-9-14/h3-6,8-10,13,17,23H,7,11-12H2,1-2H3/b18-16-. The van der Waals surface area contributed by atoms with E-state index in [4.69, 9.17) is 4.42 Å². The highest BCUT2D eigenvalue weighted by molar-refractivity contribution is 6.46. The van der Waals surface area contributed by atoms with Gasteiger partial charge in [0.2, 0.25) is 0 Å². The van der Waals surface area contributed by atoms with E-state index < -0.39 is 17.7 Å². The first-order chi connectivity index (χ1) is 12.5. The van der Waals surface area contributed by atoms with Gasteiger partial charge in [-0.1, -0.05) is 30.3 Å². The minimum absolute atomic E-state index is 0.0704. The third-order valence-electron chi connectivity index (χ3n) is 4.40. The topological polar surface area (TPSA) is 74.0 Å². The fraction of sp³-hybridized carbons (Fsp3) is 0.300. The summed E-state index contributed by atoms with van der Waals surface area (Å²) in [6.07, 6.45) is 2.21. The Morgan fingerprint density at radius 2 is 1.88 bits per heavy atom. The first-order valence-corrected chi connectivity index (χ1v) is 8.52. The number of likely N-dealkylation sites (tertiary alicyclic amines) is 1. The van der Waals surface area contributed by atoms with Crippen molar-refractivity contribution < 1.29 is 19.1 Å². The van der Waals surface area contributed by atoms with Crippen LogP contribution in [0.5, 0.6) is 0 Å². The van der Waals surface area contributed by atoms with Crippen LogP contribution in [-0.2, 0) is 9.59 Å². The van der Waals surface area contributed by atoms with Gasteiger partial charge in [0.1, 0.15) is 17.6 Å². The second-order valence-corrected chi connectivity index (χ2v) is 6.53. The molecule has 0 saturated carbocycles. The molecule has 1 N–H and O–H groups in total. The summed E-state index contributed by atoms with van der Waals surface area (Å²) >= 11 is 0. The molecule has 26 heavy (non-hydrogen) atoms. The van der Waals surface area contributed by atoms with Crippen molar-refractivity contribution in [2.45, 2.75) is 12.5 Å². The van der Waals surface area contributed by atoms with Crippen LogP contribution in [0.1, 0.15) is 23.8 Å². The number of carbonyl (C=O) groups is 2. The number of carbonyl (C=O) groups excluding carboxylic acids is 2. The van der Waals surface area contributed by atoms with Gasteiger partial charge >= 0.3 is 0 Å². The van der Waals surface area contributed by atoms with Gasteiger partial charge in [0.25, 0.3) is 11.7 Å². The van der Waals surface area contributed by atoms with Gasteiger partial charge in [-0.15, -0.1) is 0 Å². The number of aliphatic hydroxyl groups is 1. The highest BCUT2D eigenvalue weighted by atomic mass is 16.3. The number of hydrogen-bond acceptors (Lipinski definition) is 5. The lowest BCUT2D eigenvalue weighted by molar-refractivity contribution is -0.140. The van der Waals surface area contributed by atoms with Gasteiger partial charge in [-0.3, -0.25) is 9.59 Å². The molecule has 0 radical (unpaired) electrons. The summed E-state index contributed by atoms with van der Waals surface area (Å²) in [5.74, 6) is -1.01. The number of hydrogen-bond donors (Lipinski definition) is 1. The molecule has 1 aromatic heterocycles. The number of rotatable bonds is 6. The third-order valence-corrected chi connectivity index (χ3v) is 4.40. The Hall–Kier alpha value is -2.86. The average molecular weight is 354 g/mol. The maximum absolute atomic E-state index is 12.7. The summed E-state index contributed by atoms with van der Waals surface area (Å²) in [7, 11) is 3.90. The number of aliphatic hydroxyl groups excluding tert-OH is 1. The van der Waals surface area contributed by atoms with Crippen molar-refractivity contribution in [2.24, 2.45) is 0 Å². The molecule has 3 rings (SSSR count). The van der Waals surface area contributed by atoms with E-state index in [0.717, 1.165) is 6.54 Å². The molecule has 1 aliphatic heterocycles. The number of furan rings is 1. The van der Waals surface area contributed by atoms with E-state index >= 15 is 0 Å². The van der Waals surface area contributed by atoms with Crippen LogP contribution in [0.15, 0.2) is 58.7 Å². The molecule has 2 aromatic rings. The monoisotopic (exact) mass is 354 g/mol. The van der Waals surface area contributed by atoms with E-state index in [1.165, 1.54) is 11.2 Å². The summed E-state index contributed by atoms with van der Waals surface area (Å²) in [6, 6.07) is 11.5. The quantitative estimate of drug-likeness (QED) is 0.490. The van der Waals surface area contributed by atoms with E-state index in [-0.39, 0.29) is 11.3 Å². The molecule has 136 valence electrons. The van der Waals surface area contributed by atoms with E-state index in [1.807, 2.05) is 25.1 Å². The van der Waals surface area contributed by atoms with Gasteiger partial charge in [-0.2, -0.15) is 0 Å². The Kier molecular flexibility index (Phi) is 5.23. The van der Waals surface area contributed by atoms with Crippen molar-refractivity contribution >= 4 is 17.4 Å². The lowest BCUT2D eigenvalue weighted by Crippen LogP contribution is -2.32. The lowest BCUT2D eigenvalue weighted by atomic mass is 9.99. The molecule has 6 nitrogen and oxygen atoms in total. The van der Waals surface area contributed by atoms with Gasteiger partial charge in [-0.25, -0.2) is 0 Å². The Morgan fingerprint density at radius 3 is 2.50 bits per heavy atom. The first kappa shape index (κ1) is 17.9. The Bertz CT molecular complexity index is 810. The zero-order valence-electron chi connectivity index (χ0n) is 14.9. The average Bonchev–Trinajstić information content (AvgIpc) is 3.24.